The maximum absolute atomic E-state index is 6.21. The molecule has 0 aromatic heterocycles. The van der Waals surface area contributed by atoms with Crippen LogP contribution in [0.5, 0.6) is 0 Å². The van der Waals surface area contributed by atoms with Crippen LogP contribution in [-0.4, -0.2) is 30.1 Å². The Balaban J connectivity index is 2.68. The summed E-state index contributed by atoms with van der Waals surface area (Å²) in [6.45, 7) is 13.8. The molecule has 1 aliphatic rings. The molecule has 0 radical (unpaired) electrons. The Morgan fingerprint density at radius 3 is 2.19 bits per heavy atom. The second-order valence-corrected chi connectivity index (χ2v) is 6.61. The van der Waals surface area contributed by atoms with Gasteiger partial charge in [-0.15, -0.1) is 0 Å². The molecule has 2 heteroatoms. The fourth-order valence-electron chi connectivity index (χ4n) is 2.93. The standard InChI is InChI=1S/C14H30N2/c1-6-9-16(10-12-7-8-12)13(11(2)15)14(3,4)5/h11-13H,6-10,15H2,1-5H3. The topological polar surface area (TPSA) is 29.3 Å². The van der Waals surface area contributed by atoms with E-state index in [1.54, 1.807) is 0 Å². The third-order valence-electron chi connectivity index (χ3n) is 3.48. The van der Waals surface area contributed by atoms with Crippen molar-refractivity contribution in [2.75, 3.05) is 13.1 Å². The quantitative estimate of drug-likeness (QED) is 0.754. The van der Waals surface area contributed by atoms with Gasteiger partial charge < -0.3 is 5.73 Å². The van der Waals surface area contributed by atoms with Crippen molar-refractivity contribution in [3.63, 3.8) is 0 Å². The molecule has 2 atom stereocenters. The van der Waals surface area contributed by atoms with Crippen LogP contribution in [0.2, 0.25) is 0 Å². The molecule has 0 bridgehead atoms. The highest BCUT2D eigenvalue weighted by molar-refractivity contribution is 4.91. The summed E-state index contributed by atoms with van der Waals surface area (Å²) in [5.41, 5.74) is 6.48. The molecule has 96 valence electrons. The van der Waals surface area contributed by atoms with Crippen LogP contribution in [0.1, 0.15) is 53.9 Å². The van der Waals surface area contributed by atoms with Crippen LogP contribution in [0.3, 0.4) is 0 Å². The number of nitrogens with two attached hydrogens (primary N) is 1. The Morgan fingerprint density at radius 1 is 1.31 bits per heavy atom. The average Bonchev–Trinajstić information content (AvgIpc) is 2.84. The minimum Gasteiger partial charge on any atom is -0.327 e. The van der Waals surface area contributed by atoms with Gasteiger partial charge in [-0.1, -0.05) is 27.7 Å². The molecule has 2 unspecified atom stereocenters. The summed E-state index contributed by atoms with van der Waals surface area (Å²) in [4.78, 5) is 2.64. The Bertz CT molecular complexity index is 201. The molecule has 0 spiro atoms. The van der Waals surface area contributed by atoms with Gasteiger partial charge in [-0.05, 0) is 44.1 Å². The highest BCUT2D eigenvalue weighted by Crippen LogP contribution is 2.34. The van der Waals surface area contributed by atoms with E-state index in [0.29, 0.717) is 6.04 Å². The Hall–Kier alpha value is -0.0800. The summed E-state index contributed by atoms with van der Waals surface area (Å²) in [7, 11) is 0. The molecule has 0 aliphatic heterocycles. The zero-order chi connectivity index (χ0) is 12.3. The Labute approximate surface area is 102 Å². The summed E-state index contributed by atoms with van der Waals surface area (Å²) in [6, 6.07) is 0.762. The molecular weight excluding hydrogens is 196 g/mol. The second kappa shape index (κ2) is 5.50. The van der Waals surface area contributed by atoms with Crippen molar-refractivity contribution < 1.29 is 0 Å². The highest BCUT2D eigenvalue weighted by atomic mass is 15.2. The summed E-state index contributed by atoms with van der Waals surface area (Å²) >= 11 is 0. The Morgan fingerprint density at radius 2 is 1.88 bits per heavy atom. The molecular formula is C14H30N2. The molecule has 16 heavy (non-hydrogen) atoms. The summed E-state index contributed by atoms with van der Waals surface area (Å²) in [5, 5.41) is 0. The van der Waals surface area contributed by atoms with E-state index in [2.05, 4.69) is 39.5 Å². The van der Waals surface area contributed by atoms with Crippen LogP contribution in [0.15, 0.2) is 0 Å². The Kier molecular flexibility index (Phi) is 4.81. The molecule has 1 saturated carbocycles. The van der Waals surface area contributed by atoms with Gasteiger partial charge in [0.25, 0.3) is 0 Å². The first kappa shape index (κ1) is 14.0. The largest absolute Gasteiger partial charge is 0.327 e. The molecule has 2 nitrogen and oxygen atoms in total. The van der Waals surface area contributed by atoms with Crippen LogP contribution in [0.4, 0.5) is 0 Å². The molecule has 0 amide bonds. The smallest absolute Gasteiger partial charge is 0.0293 e. The molecule has 2 N–H and O–H groups in total. The van der Waals surface area contributed by atoms with Crippen LogP contribution < -0.4 is 5.73 Å². The van der Waals surface area contributed by atoms with Crippen LogP contribution >= 0.6 is 0 Å². The lowest BCUT2D eigenvalue weighted by Crippen LogP contribution is -2.54. The van der Waals surface area contributed by atoms with E-state index in [1.165, 1.54) is 32.4 Å². The zero-order valence-corrected chi connectivity index (χ0v) is 11.8. The van der Waals surface area contributed by atoms with E-state index < -0.39 is 0 Å². The van der Waals surface area contributed by atoms with E-state index in [-0.39, 0.29) is 11.5 Å². The fourth-order valence-corrected chi connectivity index (χ4v) is 2.93. The number of rotatable bonds is 6. The summed E-state index contributed by atoms with van der Waals surface area (Å²) < 4.78 is 0. The summed E-state index contributed by atoms with van der Waals surface area (Å²) in [5.74, 6) is 0.954. The third kappa shape index (κ3) is 4.06. The van der Waals surface area contributed by atoms with E-state index in [1.807, 2.05) is 0 Å². The highest BCUT2D eigenvalue weighted by Gasteiger charge is 2.35. The van der Waals surface area contributed by atoms with Crippen molar-refractivity contribution in [1.82, 2.24) is 4.90 Å². The van der Waals surface area contributed by atoms with Gasteiger partial charge >= 0.3 is 0 Å². The van der Waals surface area contributed by atoms with Crippen molar-refractivity contribution in [3.8, 4) is 0 Å². The minimum atomic E-state index is 0.255. The minimum absolute atomic E-state index is 0.255. The third-order valence-corrected chi connectivity index (χ3v) is 3.48. The fraction of sp³-hybridized carbons (Fsp3) is 1.00. The maximum atomic E-state index is 6.21. The van der Waals surface area contributed by atoms with Gasteiger partial charge in [-0.3, -0.25) is 4.90 Å². The predicted octanol–water partition coefficient (Wildman–Crippen LogP) is 2.87. The van der Waals surface area contributed by atoms with E-state index in [9.17, 15) is 0 Å². The van der Waals surface area contributed by atoms with Crippen LogP contribution in [0.25, 0.3) is 0 Å². The number of hydrogen-bond acceptors (Lipinski definition) is 2. The van der Waals surface area contributed by atoms with Crippen LogP contribution in [0, 0.1) is 11.3 Å². The average molecular weight is 226 g/mol. The first-order valence-electron chi connectivity index (χ1n) is 6.86. The van der Waals surface area contributed by atoms with E-state index in [4.69, 9.17) is 5.73 Å². The zero-order valence-electron chi connectivity index (χ0n) is 11.8. The van der Waals surface area contributed by atoms with Gasteiger partial charge in [-0.2, -0.15) is 0 Å². The SMILES string of the molecule is CCCN(CC1CC1)C(C(C)N)C(C)(C)C. The van der Waals surface area contributed by atoms with Crippen LogP contribution in [-0.2, 0) is 0 Å². The second-order valence-electron chi connectivity index (χ2n) is 6.61. The van der Waals surface area contributed by atoms with Gasteiger partial charge in [0, 0.05) is 18.6 Å². The molecule has 1 fully saturated rings. The van der Waals surface area contributed by atoms with Crippen molar-refractivity contribution in [3.05, 3.63) is 0 Å². The lowest BCUT2D eigenvalue weighted by Gasteiger charge is -2.43. The monoisotopic (exact) mass is 226 g/mol. The number of nitrogens with zero attached hydrogens (tertiary/aromatic N) is 1. The van der Waals surface area contributed by atoms with E-state index >= 15 is 0 Å². The molecule has 0 aromatic rings. The van der Waals surface area contributed by atoms with Gasteiger partial charge in [0.1, 0.15) is 0 Å². The van der Waals surface area contributed by atoms with E-state index in [0.717, 1.165) is 5.92 Å². The van der Waals surface area contributed by atoms with Crippen molar-refractivity contribution in [1.29, 1.82) is 0 Å². The molecule has 0 aromatic carbocycles. The van der Waals surface area contributed by atoms with Gasteiger partial charge in [0.15, 0.2) is 0 Å². The van der Waals surface area contributed by atoms with Gasteiger partial charge in [0.2, 0.25) is 0 Å². The first-order chi connectivity index (χ1) is 7.36. The number of hydrogen-bond donors (Lipinski definition) is 1. The van der Waals surface area contributed by atoms with Gasteiger partial charge in [0.05, 0.1) is 0 Å². The lowest BCUT2D eigenvalue weighted by molar-refractivity contribution is 0.0774. The van der Waals surface area contributed by atoms with Crippen molar-refractivity contribution in [2.45, 2.75) is 66.0 Å². The first-order valence-corrected chi connectivity index (χ1v) is 6.86. The summed E-state index contributed by atoms with van der Waals surface area (Å²) in [6.07, 6.45) is 4.08. The normalized spacial score (nSPS) is 21.2. The maximum Gasteiger partial charge on any atom is 0.0293 e. The van der Waals surface area contributed by atoms with Crippen molar-refractivity contribution >= 4 is 0 Å². The molecule has 1 rings (SSSR count). The van der Waals surface area contributed by atoms with Crippen molar-refractivity contribution in [2.24, 2.45) is 17.1 Å². The predicted molar refractivity (Wildman–Crippen MR) is 71.5 cm³/mol. The van der Waals surface area contributed by atoms with Gasteiger partial charge in [-0.25, -0.2) is 0 Å². The molecule has 0 heterocycles. The lowest BCUT2D eigenvalue weighted by atomic mass is 9.81. The molecule has 0 saturated heterocycles. The molecule has 1 aliphatic carbocycles.